The number of nitrogens with one attached hydrogen (secondary N) is 1. The van der Waals surface area contributed by atoms with Gasteiger partial charge in [0.1, 0.15) is 6.04 Å². The molecule has 0 aliphatic carbocycles. The summed E-state index contributed by atoms with van der Waals surface area (Å²) in [6.07, 6.45) is 0. The topological polar surface area (TPSA) is 84.7 Å². The minimum Gasteiger partial charge on any atom is -0.378 e. The van der Waals surface area contributed by atoms with Crippen LogP contribution in [-0.2, 0) is 9.53 Å². The lowest BCUT2D eigenvalue weighted by Gasteiger charge is -2.30. The second-order valence-electron chi connectivity index (χ2n) is 5.01. The van der Waals surface area contributed by atoms with E-state index < -0.39 is 11.0 Å². The lowest BCUT2D eigenvalue weighted by Crippen LogP contribution is -2.47. The molecule has 1 N–H and O–H groups in total. The number of benzene rings is 1. The number of amides is 1. The van der Waals surface area contributed by atoms with Crippen molar-refractivity contribution in [3.05, 3.63) is 33.9 Å². The number of rotatable bonds is 4. The van der Waals surface area contributed by atoms with E-state index >= 15 is 0 Å². The van der Waals surface area contributed by atoms with Gasteiger partial charge in [0.15, 0.2) is 0 Å². The number of morpholine rings is 1. The number of nitrogens with zero attached hydrogens (tertiary/aromatic N) is 2. The molecule has 0 aromatic heterocycles. The van der Waals surface area contributed by atoms with E-state index in [0.717, 1.165) is 0 Å². The molecule has 7 heteroatoms. The predicted molar refractivity (Wildman–Crippen MR) is 78.3 cm³/mol. The van der Waals surface area contributed by atoms with E-state index in [9.17, 15) is 14.9 Å². The Morgan fingerprint density at radius 1 is 1.43 bits per heavy atom. The Kier molecular flexibility index (Phi) is 4.74. The molecule has 1 heterocycles. The third kappa shape index (κ3) is 3.49. The van der Waals surface area contributed by atoms with E-state index in [0.29, 0.717) is 37.6 Å². The SMILES string of the molecule is Cc1c(NC(C)C(=O)N2CCOCC2)cccc1[N+](=O)[O-]. The van der Waals surface area contributed by atoms with Gasteiger partial charge < -0.3 is 15.0 Å². The lowest BCUT2D eigenvalue weighted by atomic mass is 10.1. The number of hydrogen-bond acceptors (Lipinski definition) is 5. The third-order valence-electron chi connectivity index (χ3n) is 3.57. The van der Waals surface area contributed by atoms with Crippen LogP contribution in [-0.4, -0.2) is 48.1 Å². The zero-order valence-electron chi connectivity index (χ0n) is 12.2. The molecular weight excluding hydrogens is 274 g/mol. The van der Waals surface area contributed by atoms with Crippen molar-refractivity contribution >= 4 is 17.3 Å². The number of carbonyl (C=O) groups excluding carboxylic acids is 1. The van der Waals surface area contributed by atoms with Crippen molar-refractivity contribution in [3.8, 4) is 0 Å². The Morgan fingerprint density at radius 3 is 2.71 bits per heavy atom. The van der Waals surface area contributed by atoms with Crippen LogP contribution in [0, 0.1) is 17.0 Å². The molecule has 1 saturated heterocycles. The number of nitro groups is 1. The van der Waals surface area contributed by atoms with Crippen LogP contribution in [0.3, 0.4) is 0 Å². The molecule has 0 saturated carbocycles. The third-order valence-corrected chi connectivity index (χ3v) is 3.57. The van der Waals surface area contributed by atoms with Crippen LogP contribution in [0.4, 0.5) is 11.4 Å². The molecule has 21 heavy (non-hydrogen) atoms. The fraction of sp³-hybridized carbons (Fsp3) is 0.500. The largest absolute Gasteiger partial charge is 0.378 e. The molecule has 1 unspecified atom stereocenters. The molecule has 0 radical (unpaired) electrons. The monoisotopic (exact) mass is 293 g/mol. The maximum Gasteiger partial charge on any atom is 0.274 e. The minimum atomic E-state index is -0.441. The summed E-state index contributed by atoms with van der Waals surface area (Å²) in [5.74, 6) is -0.0239. The molecule has 0 spiro atoms. The van der Waals surface area contributed by atoms with Gasteiger partial charge in [0.05, 0.1) is 18.1 Å². The minimum absolute atomic E-state index is 0.0239. The van der Waals surface area contributed by atoms with Gasteiger partial charge in [0.25, 0.3) is 5.69 Å². The van der Waals surface area contributed by atoms with E-state index in [2.05, 4.69) is 5.32 Å². The molecule has 7 nitrogen and oxygen atoms in total. The van der Waals surface area contributed by atoms with Gasteiger partial charge in [-0.3, -0.25) is 14.9 Å². The summed E-state index contributed by atoms with van der Waals surface area (Å²) >= 11 is 0. The summed E-state index contributed by atoms with van der Waals surface area (Å²) in [5, 5.41) is 14.0. The molecule has 1 amide bonds. The summed E-state index contributed by atoms with van der Waals surface area (Å²) in [5.41, 5.74) is 1.19. The highest BCUT2D eigenvalue weighted by molar-refractivity contribution is 5.84. The maximum atomic E-state index is 12.3. The van der Waals surface area contributed by atoms with Gasteiger partial charge in [0.2, 0.25) is 5.91 Å². The van der Waals surface area contributed by atoms with E-state index in [1.54, 1.807) is 30.9 Å². The van der Waals surface area contributed by atoms with Crippen LogP contribution < -0.4 is 5.32 Å². The number of carbonyl (C=O) groups is 1. The van der Waals surface area contributed by atoms with Crippen molar-refractivity contribution in [2.24, 2.45) is 0 Å². The Bertz CT molecular complexity index is 541. The first-order chi connectivity index (χ1) is 10.0. The van der Waals surface area contributed by atoms with Gasteiger partial charge in [0, 0.05) is 30.4 Å². The smallest absolute Gasteiger partial charge is 0.274 e. The number of anilines is 1. The van der Waals surface area contributed by atoms with Crippen LogP contribution in [0.15, 0.2) is 18.2 Å². The molecule has 1 aliphatic heterocycles. The fourth-order valence-electron chi connectivity index (χ4n) is 2.33. The summed E-state index contributed by atoms with van der Waals surface area (Å²) in [7, 11) is 0. The van der Waals surface area contributed by atoms with Gasteiger partial charge in [-0.2, -0.15) is 0 Å². The van der Waals surface area contributed by atoms with E-state index in [4.69, 9.17) is 4.74 Å². The molecule has 1 aromatic rings. The zero-order chi connectivity index (χ0) is 15.4. The highest BCUT2D eigenvalue weighted by atomic mass is 16.6. The van der Waals surface area contributed by atoms with Crippen LogP contribution in [0.5, 0.6) is 0 Å². The summed E-state index contributed by atoms with van der Waals surface area (Å²) in [6, 6.07) is 4.36. The number of ether oxygens (including phenoxy) is 1. The lowest BCUT2D eigenvalue weighted by molar-refractivity contribution is -0.385. The fourth-order valence-corrected chi connectivity index (χ4v) is 2.33. The van der Waals surface area contributed by atoms with Crippen LogP contribution in [0.1, 0.15) is 12.5 Å². The average molecular weight is 293 g/mol. The first-order valence-electron chi connectivity index (χ1n) is 6.88. The summed E-state index contributed by atoms with van der Waals surface area (Å²) < 4.78 is 5.22. The highest BCUT2D eigenvalue weighted by Gasteiger charge is 2.23. The molecule has 0 bridgehead atoms. The van der Waals surface area contributed by atoms with Crippen molar-refractivity contribution in [2.45, 2.75) is 19.9 Å². The van der Waals surface area contributed by atoms with Gasteiger partial charge in [-0.25, -0.2) is 0 Å². The van der Waals surface area contributed by atoms with Gasteiger partial charge in [-0.1, -0.05) is 6.07 Å². The quantitative estimate of drug-likeness (QED) is 0.672. The molecule has 1 atom stereocenters. The van der Waals surface area contributed by atoms with E-state index in [-0.39, 0.29) is 11.6 Å². The van der Waals surface area contributed by atoms with E-state index in [1.165, 1.54) is 6.07 Å². The Labute approximate surface area is 123 Å². The molecule has 1 fully saturated rings. The van der Waals surface area contributed by atoms with Crippen LogP contribution in [0.2, 0.25) is 0 Å². The van der Waals surface area contributed by atoms with Crippen LogP contribution in [0.25, 0.3) is 0 Å². The number of nitro benzene ring substituents is 1. The zero-order valence-corrected chi connectivity index (χ0v) is 12.2. The predicted octanol–water partition coefficient (Wildman–Crippen LogP) is 1.56. The Balaban J connectivity index is 2.08. The van der Waals surface area contributed by atoms with Gasteiger partial charge in [-0.05, 0) is 19.9 Å². The normalized spacial score (nSPS) is 16.4. The maximum absolute atomic E-state index is 12.3. The second kappa shape index (κ2) is 6.53. The second-order valence-corrected chi connectivity index (χ2v) is 5.01. The van der Waals surface area contributed by atoms with Gasteiger partial charge >= 0.3 is 0 Å². The van der Waals surface area contributed by atoms with Crippen molar-refractivity contribution < 1.29 is 14.5 Å². The van der Waals surface area contributed by atoms with Gasteiger partial charge in [-0.15, -0.1) is 0 Å². The highest BCUT2D eigenvalue weighted by Crippen LogP contribution is 2.25. The first-order valence-corrected chi connectivity index (χ1v) is 6.88. The van der Waals surface area contributed by atoms with Crippen molar-refractivity contribution in [3.63, 3.8) is 0 Å². The molecule has 1 aromatic carbocycles. The van der Waals surface area contributed by atoms with Crippen molar-refractivity contribution in [1.82, 2.24) is 4.90 Å². The van der Waals surface area contributed by atoms with Crippen molar-refractivity contribution in [2.75, 3.05) is 31.6 Å². The molecule has 2 rings (SSSR count). The van der Waals surface area contributed by atoms with Crippen LogP contribution >= 0.6 is 0 Å². The Hall–Kier alpha value is -2.15. The Morgan fingerprint density at radius 2 is 2.10 bits per heavy atom. The molecule has 114 valence electrons. The van der Waals surface area contributed by atoms with E-state index in [1.807, 2.05) is 0 Å². The summed E-state index contributed by atoms with van der Waals surface area (Å²) in [4.78, 5) is 24.6. The average Bonchev–Trinajstić information content (AvgIpc) is 2.49. The first kappa shape index (κ1) is 15.2. The van der Waals surface area contributed by atoms with Crippen molar-refractivity contribution in [1.29, 1.82) is 0 Å². The molecule has 1 aliphatic rings. The molecular formula is C14H19N3O4. The standard InChI is InChI=1S/C14H19N3O4/c1-10-12(4-3-5-13(10)17(19)20)15-11(2)14(18)16-6-8-21-9-7-16/h3-5,11,15H,6-9H2,1-2H3. The number of hydrogen-bond donors (Lipinski definition) is 1. The summed E-state index contributed by atoms with van der Waals surface area (Å²) in [6.45, 7) is 5.70.